The van der Waals surface area contributed by atoms with Crippen LogP contribution in [0.1, 0.15) is 25.0 Å². The topological polar surface area (TPSA) is 88.0 Å². The lowest BCUT2D eigenvalue weighted by atomic mass is 10.1. The van der Waals surface area contributed by atoms with E-state index in [9.17, 15) is 8.42 Å². The van der Waals surface area contributed by atoms with Gasteiger partial charge in [-0.3, -0.25) is 4.99 Å². The maximum atomic E-state index is 12.2. The van der Waals surface area contributed by atoms with Crippen LogP contribution in [0, 0.1) is 0 Å². The van der Waals surface area contributed by atoms with Crippen LogP contribution in [0.4, 0.5) is 0 Å². The summed E-state index contributed by atoms with van der Waals surface area (Å²) in [4.78, 5) is 6.19. The Morgan fingerprint density at radius 2 is 2.22 bits per heavy atom. The van der Waals surface area contributed by atoms with E-state index in [0.717, 1.165) is 31.6 Å². The van der Waals surface area contributed by atoms with E-state index in [-0.39, 0.29) is 35.8 Å². The fourth-order valence-corrected chi connectivity index (χ4v) is 3.88. The van der Waals surface area contributed by atoms with Crippen LogP contribution in [-0.2, 0) is 28.4 Å². The molecule has 0 saturated carbocycles. The number of hydrogen-bond acceptors (Lipinski definition) is 4. The van der Waals surface area contributed by atoms with Crippen molar-refractivity contribution < 1.29 is 13.2 Å². The molecule has 156 valence electrons. The van der Waals surface area contributed by atoms with Gasteiger partial charge in [-0.25, -0.2) is 13.1 Å². The van der Waals surface area contributed by atoms with Crippen LogP contribution in [0.2, 0.25) is 0 Å². The molecule has 0 bridgehead atoms. The van der Waals surface area contributed by atoms with Gasteiger partial charge in [0, 0.05) is 52.7 Å². The minimum atomic E-state index is -3.34. The van der Waals surface area contributed by atoms with Gasteiger partial charge in [0.1, 0.15) is 0 Å². The highest BCUT2D eigenvalue weighted by Crippen LogP contribution is 2.11. The van der Waals surface area contributed by atoms with Crippen LogP contribution in [0.3, 0.4) is 0 Å². The maximum Gasteiger partial charge on any atom is 0.213 e. The molecule has 1 fully saturated rings. The van der Waals surface area contributed by atoms with Gasteiger partial charge in [-0.05, 0) is 31.4 Å². The first-order valence-corrected chi connectivity index (χ1v) is 10.7. The van der Waals surface area contributed by atoms with Crippen molar-refractivity contribution in [3.05, 3.63) is 24.0 Å². The Bertz CT molecular complexity index is 686. The zero-order valence-corrected chi connectivity index (χ0v) is 19.5. The maximum absolute atomic E-state index is 12.2. The molecule has 1 atom stereocenters. The van der Waals surface area contributed by atoms with Crippen molar-refractivity contribution in [2.24, 2.45) is 12.0 Å². The van der Waals surface area contributed by atoms with E-state index in [1.54, 1.807) is 7.05 Å². The Hall–Kier alpha value is -0.850. The van der Waals surface area contributed by atoms with Crippen LogP contribution >= 0.6 is 24.0 Å². The van der Waals surface area contributed by atoms with E-state index in [1.807, 2.05) is 41.9 Å². The molecule has 1 saturated heterocycles. The average Bonchev–Trinajstić information content (AvgIpc) is 3.02. The third-order valence-corrected chi connectivity index (χ3v) is 5.83. The van der Waals surface area contributed by atoms with Gasteiger partial charge in [0.05, 0.1) is 18.4 Å². The summed E-state index contributed by atoms with van der Waals surface area (Å²) in [6.07, 6.45) is 5.06. The second-order valence-corrected chi connectivity index (χ2v) is 8.52. The number of aromatic nitrogens is 1. The molecular weight excluding hydrogens is 481 g/mol. The summed E-state index contributed by atoms with van der Waals surface area (Å²) < 4.78 is 34.5. The molecule has 1 unspecified atom stereocenters. The summed E-state index contributed by atoms with van der Waals surface area (Å²) in [5.41, 5.74) is 1.15. The van der Waals surface area contributed by atoms with Crippen molar-refractivity contribution in [3.63, 3.8) is 0 Å². The predicted octanol–water partition coefficient (Wildman–Crippen LogP) is 1.14. The van der Waals surface area contributed by atoms with Crippen molar-refractivity contribution in [1.29, 1.82) is 0 Å². The summed E-state index contributed by atoms with van der Waals surface area (Å²) in [7, 11) is 2.27. The SMILES string of the molecule is CN=C(NCCS(=O)(=O)NCC1CCCCO1)N(C)Cc1cccn1C.I. The molecule has 10 heteroatoms. The van der Waals surface area contributed by atoms with E-state index >= 15 is 0 Å². The molecule has 0 amide bonds. The lowest BCUT2D eigenvalue weighted by Crippen LogP contribution is -2.43. The molecule has 0 aromatic carbocycles. The Morgan fingerprint density at radius 1 is 1.44 bits per heavy atom. The molecule has 0 radical (unpaired) electrons. The van der Waals surface area contributed by atoms with Gasteiger partial charge in [-0.15, -0.1) is 24.0 Å². The number of hydrogen-bond donors (Lipinski definition) is 2. The van der Waals surface area contributed by atoms with Crippen molar-refractivity contribution in [3.8, 4) is 0 Å². The molecule has 27 heavy (non-hydrogen) atoms. The van der Waals surface area contributed by atoms with E-state index < -0.39 is 10.0 Å². The number of rotatable bonds is 8. The largest absolute Gasteiger partial charge is 0.377 e. The first kappa shape index (κ1) is 24.2. The Kier molecular flexibility index (Phi) is 10.6. The zero-order chi connectivity index (χ0) is 19.0. The van der Waals surface area contributed by atoms with Crippen molar-refractivity contribution in [2.45, 2.75) is 31.9 Å². The quantitative estimate of drug-likeness (QED) is 0.309. The number of nitrogens with one attached hydrogen (secondary N) is 2. The number of aliphatic imine (C=N–C) groups is 1. The fraction of sp³-hybridized carbons (Fsp3) is 0.706. The van der Waals surface area contributed by atoms with Gasteiger partial charge in [-0.1, -0.05) is 0 Å². The predicted molar refractivity (Wildman–Crippen MR) is 119 cm³/mol. The molecule has 0 spiro atoms. The van der Waals surface area contributed by atoms with Crippen LogP contribution in [0.15, 0.2) is 23.3 Å². The van der Waals surface area contributed by atoms with Crippen LogP contribution < -0.4 is 10.0 Å². The van der Waals surface area contributed by atoms with Gasteiger partial charge < -0.3 is 19.5 Å². The van der Waals surface area contributed by atoms with Crippen LogP contribution in [0.5, 0.6) is 0 Å². The van der Waals surface area contributed by atoms with E-state index in [0.29, 0.717) is 25.6 Å². The molecule has 2 rings (SSSR count). The van der Waals surface area contributed by atoms with Crippen molar-refractivity contribution >= 4 is 40.0 Å². The van der Waals surface area contributed by atoms with Crippen LogP contribution in [-0.4, -0.2) is 69.5 Å². The van der Waals surface area contributed by atoms with E-state index in [4.69, 9.17) is 4.74 Å². The third-order valence-electron chi connectivity index (χ3n) is 4.48. The number of nitrogens with zero attached hydrogens (tertiary/aromatic N) is 3. The number of guanidine groups is 1. The minimum absolute atomic E-state index is 0. The standard InChI is InChI=1S/C17H31N5O3S.HI/c1-18-17(22(3)14-15-7-6-10-21(15)2)19-9-12-26(23,24)20-13-16-8-4-5-11-25-16;/h6-7,10,16,20H,4-5,8-9,11-14H2,1-3H3,(H,18,19);1H. The van der Waals surface area contributed by atoms with Crippen LogP contribution in [0.25, 0.3) is 0 Å². The number of ether oxygens (including phenoxy) is 1. The molecule has 1 aliphatic rings. The summed E-state index contributed by atoms with van der Waals surface area (Å²) >= 11 is 0. The lowest BCUT2D eigenvalue weighted by molar-refractivity contribution is 0.0200. The third kappa shape index (κ3) is 8.36. The molecular formula is C17H32IN5O3S. The lowest BCUT2D eigenvalue weighted by Gasteiger charge is -2.23. The second kappa shape index (κ2) is 11.9. The van der Waals surface area contributed by atoms with E-state index in [2.05, 4.69) is 15.0 Å². The van der Waals surface area contributed by atoms with Crippen molar-refractivity contribution in [2.75, 3.05) is 39.5 Å². The number of halogens is 1. The van der Waals surface area contributed by atoms with Gasteiger partial charge in [-0.2, -0.15) is 0 Å². The highest BCUT2D eigenvalue weighted by molar-refractivity contribution is 14.0. The number of aryl methyl sites for hydroxylation is 1. The van der Waals surface area contributed by atoms with Gasteiger partial charge in [0.2, 0.25) is 10.0 Å². The normalized spacial score (nSPS) is 18.0. The average molecular weight is 513 g/mol. The Labute approximate surface area is 179 Å². The van der Waals surface area contributed by atoms with Gasteiger partial charge in [0.15, 0.2) is 5.96 Å². The smallest absolute Gasteiger partial charge is 0.213 e. The molecule has 1 aromatic rings. The van der Waals surface area contributed by atoms with Gasteiger partial charge in [0.25, 0.3) is 0 Å². The molecule has 0 aliphatic carbocycles. The first-order valence-electron chi connectivity index (χ1n) is 9.02. The molecule has 8 nitrogen and oxygen atoms in total. The first-order chi connectivity index (χ1) is 12.4. The molecule has 1 aliphatic heterocycles. The van der Waals surface area contributed by atoms with Gasteiger partial charge >= 0.3 is 0 Å². The second-order valence-electron chi connectivity index (χ2n) is 6.60. The highest BCUT2D eigenvalue weighted by atomic mass is 127. The zero-order valence-electron chi connectivity index (χ0n) is 16.3. The fourth-order valence-electron chi connectivity index (χ4n) is 2.92. The summed E-state index contributed by atoms with van der Waals surface area (Å²) in [5.74, 6) is 0.661. The summed E-state index contributed by atoms with van der Waals surface area (Å²) in [6, 6.07) is 4.04. The monoisotopic (exact) mass is 513 g/mol. The van der Waals surface area contributed by atoms with E-state index in [1.165, 1.54) is 0 Å². The Morgan fingerprint density at radius 3 is 2.81 bits per heavy atom. The minimum Gasteiger partial charge on any atom is -0.377 e. The molecule has 1 aromatic heterocycles. The molecule has 2 N–H and O–H groups in total. The summed E-state index contributed by atoms with van der Waals surface area (Å²) in [6.45, 7) is 2.06. The Balaban J connectivity index is 0.00000364. The molecule has 2 heterocycles. The highest BCUT2D eigenvalue weighted by Gasteiger charge is 2.18. The van der Waals surface area contributed by atoms with Crippen molar-refractivity contribution in [1.82, 2.24) is 19.5 Å². The number of sulfonamides is 1. The summed E-state index contributed by atoms with van der Waals surface area (Å²) in [5, 5.41) is 3.11.